The van der Waals surface area contributed by atoms with Crippen molar-refractivity contribution in [3.05, 3.63) is 24.3 Å². The van der Waals surface area contributed by atoms with Gasteiger partial charge in [-0.05, 0) is 12.1 Å². The van der Waals surface area contributed by atoms with E-state index in [1.165, 1.54) is 0 Å². The maximum absolute atomic E-state index is 5.83. The Labute approximate surface area is 89.2 Å². The Hall–Kier alpha value is -1.26. The van der Waals surface area contributed by atoms with Crippen molar-refractivity contribution >= 4 is 5.69 Å². The monoisotopic (exact) mass is 205 g/mol. The van der Waals surface area contributed by atoms with Crippen LogP contribution in [0, 0.1) is 0 Å². The van der Waals surface area contributed by atoms with Crippen molar-refractivity contribution in [2.24, 2.45) is 0 Å². The van der Waals surface area contributed by atoms with Crippen molar-refractivity contribution in [3.8, 4) is 5.75 Å². The van der Waals surface area contributed by atoms with Gasteiger partial charge in [0.25, 0.3) is 0 Å². The summed E-state index contributed by atoms with van der Waals surface area (Å²) >= 11 is 0. The minimum atomic E-state index is 0.0181. The number of benzene rings is 1. The van der Waals surface area contributed by atoms with Crippen molar-refractivity contribution in [2.45, 2.75) is 6.35 Å². The second kappa shape index (κ2) is 3.72. The molecule has 15 heavy (non-hydrogen) atoms. The van der Waals surface area contributed by atoms with Crippen LogP contribution < -0.4 is 15.4 Å². The van der Waals surface area contributed by atoms with Gasteiger partial charge in [-0.2, -0.15) is 0 Å². The number of nitrogens with zero attached hydrogens (tertiary/aromatic N) is 1. The van der Waals surface area contributed by atoms with Gasteiger partial charge in [-0.25, -0.2) is 4.90 Å². The lowest BCUT2D eigenvalue weighted by Gasteiger charge is -2.31. The second-order valence-corrected chi connectivity index (χ2v) is 3.90. The van der Waals surface area contributed by atoms with Gasteiger partial charge >= 0.3 is 0 Å². The van der Waals surface area contributed by atoms with Crippen molar-refractivity contribution in [3.63, 3.8) is 0 Å². The molecule has 1 saturated heterocycles. The minimum Gasteiger partial charge on any atom is -0.455 e. The SMILES string of the molecule is c1ccc2c(c1)NC(N1CCNCC1)O2. The molecule has 2 aliphatic rings. The standard InChI is InChI=1S/C11H15N3O/c1-2-4-10-9(3-1)13-11(15-10)14-7-5-12-6-8-14/h1-4,11-13H,5-8H2. The number of ether oxygens (including phenoxy) is 1. The molecule has 4 heteroatoms. The molecule has 2 heterocycles. The normalized spacial score (nSPS) is 25.5. The number of piperazine rings is 1. The molecule has 1 unspecified atom stereocenters. The number of para-hydroxylation sites is 2. The predicted octanol–water partition coefficient (Wildman–Crippen LogP) is 0.680. The molecule has 3 rings (SSSR count). The summed E-state index contributed by atoms with van der Waals surface area (Å²) in [6.45, 7) is 4.15. The first-order valence-corrected chi connectivity index (χ1v) is 5.40. The summed E-state index contributed by atoms with van der Waals surface area (Å²) in [6.07, 6.45) is 0.0181. The molecule has 80 valence electrons. The Morgan fingerprint density at radius 2 is 2.00 bits per heavy atom. The Bertz CT molecular complexity index is 324. The van der Waals surface area contributed by atoms with Crippen LogP contribution in [0.15, 0.2) is 24.3 Å². The fraction of sp³-hybridized carbons (Fsp3) is 0.455. The Kier molecular flexibility index (Phi) is 2.23. The highest BCUT2D eigenvalue weighted by molar-refractivity contribution is 5.59. The smallest absolute Gasteiger partial charge is 0.230 e. The molecule has 0 saturated carbocycles. The van der Waals surface area contributed by atoms with E-state index in [0.717, 1.165) is 37.6 Å². The molecule has 4 nitrogen and oxygen atoms in total. The summed E-state index contributed by atoms with van der Waals surface area (Å²) < 4.78 is 5.83. The molecule has 1 aromatic carbocycles. The molecule has 2 N–H and O–H groups in total. The summed E-state index contributed by atoms with van der Waals surface area (Å²) in [5, 5.41) is 6.71. The quantitative estimate of drug-likeness (QED) is 0.707. The zero-order valence-electron chi connectivity index (χ0n) is 8.57. The molecule has 1 fully saturated rings. The highest BCUT2D eigenvalue weighted by atomic mass is 16.5. The van der Waals surface area contributed by atoms with E-state index < -0.39 is 0 Å². The van der Waals surface area contributed by atoms with Crippen LogP contribution in [-0.2, 0) is 0 Å². The largest absolute Gasteiger partial charge is 0.455 e. The first-order valence-electron chi connectivity index (χ1n) is 5.40. The van der Waals surface area contributed by atoms with E-state index >= 15 is 0 Å². The maximum Gasteiger partial charge on any atom is 0.230 e. The lowest BCUT2D eigenvalue weighted by Crippen LogP contribution is -2.51. The maximum atomic E-state index is 5.83. The average Bonchev–Trinajstić information content (AvgIpc) is 2.74. The third-order valence-corrected chi connectivity index (χ3v) is 2.89. The van der Waals surface area contributed by atoms with E-state index in [4.69, 9.17) is 4.74 Å². The number of hydrogen-bond acceptors (Lipinski definition) is 4. The number of anilines is 1. The number of nitrogens with one attached hydrogen (secondary N) is 2. The van der Waals surface area contributed by atoms with E-state index in [9.17, 15) is 0 Å². The molecule has 0 aliphatic carbocycles. The number of hydrogen-bond donors (Lipinski definition) is 2. The summed E-state index contributed by atoms with van der Waals surface area (Å²) in [6, 6.07) is 8.08. The lowest BCUT2D eigenvalue weighted by molar-refractivity contribution is 0.0501. The van der Waals surface area contributed by atoms with Crippen molar-refractivity contribution in [1.29, 1.82) is 0 Å². The van der Waals surface area contributed by atoms with Crippen LogP contribution in [-0.4, -0.2) is 37.4 Å². The minimum absolute atomic E-state index is 0.0181. The molecule has 2 aliphatic heterocycles. The molecular formula is C11H15N3O. The lowest BCUT2D eigenvalue weighted by atomic mass is 10.3. The predicted molar refractivity (Wildman–Crippen MR) is 58.9 cm³/mol. The zero-order valence-corrected chi connectivity index (χ0v) is 8.57. The van der Waals surface area contributed by atoms with Crippen LogP contribution in [0.4, 0.5) is 5.69 Å². The van der Waals surface area contributed by atoms with Gasteiger partial charge < -0.3 is 15.4 Å². The Morgan fingerprint density at radius 3 is 2.80 bits per heavy atom. The van der Waals surface area contributed by atoms with Gasteiger partial charge in [0.1, 0.15) is 5.75 Å². The molecule has 1 atom stereocenters. The van der Waals surface area contributed by atoms with Gasteiger partial charge in [-0.1, -0.05) is 12.1 Å². The number of rotatable bonds is 1. The van der Waals surface area contributed by atoms with Crippen LogP contribution >= 0.6 is 0 Å². The molecule has 0 spiro atoms. The van der Waals surface area contributed by atoms with E-state index in [2.05, 4.69) is 21.6 Å². The Balaban J connectivity index is 1.72. The van der Waals surface area contributed by atoms with Crippen LogP contribution in [0.25, 0.3) is 0 Å². The van der Waals surface area contributed by atoms with Gasteiger partial charge in [0.15, 0.2) is 0 Å². The van der Waals surface area contributed by atoms with Gasteiger partial charge in [0, 0.05) is 26.2 Å². The van der Waals surface area contributed by atoms with Gasteiger partial charge in [0.05, 0.1) is 5.69 Å². The highest BCUT2D eigenvalue weighted by Crippen LogP contribution is 2.31. The van der Waals surface area contributed by atoms with Crippen molar-refractivity contribution in [2.75, 3.05) is 31.5 Å². The van der Waals surface area contributed by atoms with E-state index in [1.807, 2.05) is 18.2 Å². The third kappa shape index (κ3) is 1.66. The molecule has 0 amide bonds. The summed E-state index contributed by atoms with van der Waals surface area (Å²) in [7, 11) is 0. The van der Waals surface area contributed by atoms with Gasteiger partial charge in [-0.3, -0.25) is 0 Å². The van der Waals surface area contributed by atoms with Crippen LogP contribution in [0.5, 0.6) is 5.75 Å². The summed E-state index contributed by atoms with van der Waals surface area (Å²) in [5.41, 5.74) is 1.10. The second-order valence-electron chi connectivity index (χ2n) is 3.90. The molecule has 1 aromatic rings. The highest BCUT2D eigenvalue weighted by Gasteiger charge is 2.27. The van der Waals surface area contributed by atoms with Crippen molar-refractivity contribution in [1.82, 2.24) is 10.2 Å². The average molecular weight is 205 g/mol. The van der Waals surface area contributed by atoms with Gasteiger partial charge in [-0.15, -0.1) is 0 Å². The molecular weight excluding hydrogens is 190 g/mol. The fourth-order valence-corrected chi connectivity index (χ4v) is 2.05. The van der Waals surface area contributed by atoms with Crippen LogP contribution in [0.3, 0.4) is 0 Å². The third-order valence-electron chi connectivity index (χ3n) is 2.89. The Morgan fingerprint density at radius 1 is 1.20 bits per heavy atom. The topological polar surface area (TPSA) is 36.5 Å². The van der Waals surface area contributed by atoms with Crippen LogP contribution in [0.2, 0.25) is 0 Å². The first-order chi connectivity index (χ1) is 7.43. The first kappa shape index (κ1) is 9.00. The fourth-order valence-electron chi connectivity index (χ4n) is 2.05. The van der Waals surface area contributed by atoms with E-state index in [-0.39, 0.29) is 6.35 Å². The van der Waals surface area contributed by atoms with E-state index in [0.29, 0.717) is 0 Å². The van der Waals surface area contributed by atoms with Crippen molar-refractivity contribution < 1.29 is 4.74 Å². The number of fused-ring (bicyclic) bond motifs is 1. The summed E-state index contributed by atoms with van der Waals surface area (Å²) in [5.74, 6) is 0.959. The van der Waals surface area contributed by atoms with Gasteiger partial charge in [0.2, 0.25) is 6.35 Å². The van der Waals surface area contributed by atoms with E-state index in [1.54, 1.807) is 0 Å². The van der Waals surface area contributed by atoms with Crippen LogP contribution in [0.1, 0.15) is 0 Å². The molecule has 0 bridgehead atoms. The summed E-state index contributed by atoms with van der Waals surface area (Å²) in [4.78, 5) is 2.32. The molecule has 0 aromatic heterocycles. The zero-order chi connectivity index (χ0) is 10.1. The molecule has 0 radical (unpaired) electrons.